The number of anilines is 3. The Morgan fingerprint density at radius 2 is 0.629 bits per heavy atom. The fourth-order valence-corrected chi connectivity index (χ4v) is 11.4. The minimum Gasteiger partial charge on any atom is -0.309 e. The molecule has 0 aromatic heterocycles. The fourth-order valence-electron chi connectivity index (χ4n) is 11.4. The smallest absolute Gasteiger partial charge is 0.0714 e. The molecule has 12 aromatic carbocycles. The molecule has 0 N–H and O–H groups in total. The molecule has 0 heterocycles. The normalized spacial score (nSPS) is 12.4. The van der Waals surface area contributed by atoms with Gasteiger partial charge in [0.1, 0.15) is 0 Å². The van der Waals surface area contributed by atoms with Gasteiger partial charge in [0.25, 0.3) is 0 Å². The molecule has 70 heavy (non-hydrogen) atoms. The van der Waals surface area contributed by atoms with Gasteiger partial charge >= 0.3 is 0 Å². The molecule has 0 aliphatic heterocycles. The van der Waals surface area contributed by atoms with Crippen molar-refractivity contribution in [2.75, 3.05) is 4.90 Å². The topological polar surface area (TPSA) is 3.24 Å². The molecule has 0 atom stereocenters. The first kappa shape index (κ1) is 41.2. The van der Waals surface area contributed by atoms with Crippen molar-refractivity contribution in [3.8, 4) is 55.6 Å². The van der Waals surface area contributed by atoms with Crippen LogP contribution in [-0.4, -0.2) is 0 Å². The summed E-state index contributed by atoms with van der Waals surface area (Å²) in [6.45, 7) is 0. The van der Waals surface area contributed by atoms with Crippen LogP contribution < -0.4 is 4.90 Å². The number of benzene rings is 12. The Balaban J connectivity index is 1.10. The molecule has 0 saturated carbocycles. The Labute approximate surface area is 409 Å². The summed E-state index contributed by atoms with van der Waals surface area (Å²) in [5.41, 5.74) is 19.7. The molecule has 13 rings (SSSR count). The molecule has 0 spiro atoms. The molecule has 1 aliphatic rings. The van der Waals surface area contributed by atoms with Crippen LogP contribution in [0.5, 0.6) is 0 Å². The van der Waals surface area contributed by atoms with E-state index in [0.29, 0.717) is 0 Å². The van der Waals surface area contributed by atoms with Gasteiger partial charge in [-0.25, -0.2) is 0 Å². The van der Waals surface area contributed by atoms with Crippen molar-refractivity contribution in [1.82, 2.24) is 0 Å². The number of fused-ring (bicyclic) bond motifs is 6. The number of rotatable bonds is 9. The zero-order chi connectivity index (χ0) is 46.4. The van der Waals surface area contributed by atoms with Gasteiger partial charge in [0, 0.05) is 22.3 Å². The highest BCUT2D eigenvalue weighted by Gasteiger charge is 2.46. The zero-order valence-corrected chi connectivity index (χ0v) is 38.6. The van der Waals surface area contributed by atoms with E-state index in [1.165, 1.54) is 99.4 Å². The standard InChI is InChI=1S/C69H47N/c1-6-21-48(22-7-1)52-27-20-28-53(45-52)50-37-40-57(41-38-50)70(68-64-36-19-17-34-60(64)59-33-16-18-35-63(59)67(68)51-25-10-3-11-26-51)58-42-44-62-61-43-39-54(49-23-8-2-9-24-49)46-65(61)69(66(62)47-58,55-29-12-4-13-30-55)56-31-14-5-15-32-56/h1-47H. The van der Waals surface area contributed by atoms with E-state index in [4.69, 9.17) is 0 Å². The van der Waals surface area contributed by atoms with Crippen molar-refractivity contribution < 1.29 is 0 Å². The summed E-state index contributed by atoms with van der Waals surface area (Å²) in [6, 6.07) is 105. The van der Waals surface area contributed by atoms with E-state index in [1.807, 2.05) is 0 Å². The molecule has 1 aliphatic carbocycles. The molecule has 0 fully saturated rings. The predicted octanol–water partition coefficient (Wildman–Crippen LogP) is 18.5. The zero-order valence-electron chi connectivity index (χ0n) is 38.6. The molecular weight excluding hydrogens is 843 g/mol. The van der Waals surface area contributed by atoms with Gasteiger partial charge in [-0.05, 0) is 125 Å². The minimum absolute atomic E-state index is 0.624. The first-order valence-corrected chi connectivity index (χ1v) is 24.2. The SMILES string of the molecule is c1ccc(-c2cccc(-c3ccc(N(c4ccc5c(c4)C(c4ccccc4)(c4ccccc4)c4cc(-c6ccccc6)ccc4-5)c4c(-c5ccccc5)c5ccccc5c5ccccc45)cc3)c2)cc1. The maximum Gasteiger partial charge on any atom is 0.0714 e. The minimum atomic E-state index is -0.624. The van der Waals surface area contributed by atoms with Crippen molar-refractivity contribution in [3.05, 3.63) is 307 Å². The van der Waals surface area contributed by atoms with E-state index < -0.39 is 5.41 Å². The van der Waals surface area contributed by atoms with Crippen molar-refractivity contribution in [3.63, 3.8) is 0 Å². The average molecular weight is 890 g/mol. The maximum atomic E-state index is 2.54. The molecule has 0 unspecified atom stereocenters. The third kappa shape index (κ3) is 6.78. The highest BCUT2D eigenvalue weighted by Crippen LogP contribution is 2.59. The summed E-state index contributed by atoms with van der Waals surface area (Å²) >= 11 is 0. The van der Waals surface area contributed by atoms with Crippen LogP contribution >= 0.6 is 0 Å². The van der Waals surface area contributed by atoms with Crippen molar-refractivity contribution in [2.24, 2.45) is 0 Å². The lowest BCUT2D eigenvalue weighted by molar-refractivity contribution is 0.768. The maximum absolute atomic E-state index is 2.54. The van der Waals surface area contributed by atoms with Crippen LogP contribution in [0.3, 0.4) is 0 Å². The Morgan fingerprint density at radius 1 is 0.243 bits per heavy atom. The number of hydrogen-bond donors (Lipinski definition) is 0. The van der Waals surface area contributed by atoms with Crippen LogP contribution in [0.25, 0.3) is 77.2 Å². The average Bonchev–Trinajstić information content (AvgIpc) is 3.74. The second kappa shape index (κ2) is 17.2. The summed E-state index contributed by atoms with van der Waals surface area (Å²) in [7, 11) is 0. The van der Waals surface area contributed by atoms with Crippen molar-refractivity contribution in [2.45, 2.75) is 5.41 Å². The molecule has 0 radical (unpaired) electrons. The Bertz CT molecular complexity index is 3800. The van der Waals surface area contributed by atoms with Crippen LogP contribution in [-0.2, 0) is 5.41 Å². The Morgan fingerprint density at radius 3 is 1.20 bits per heavy atom. The molecule has 328 valence electrons. The van der Waals surface area contributed by atoms with Gasteiger partial charge in [-0.15, -0.1) is 0 Å². The summed E-state index contributed by atoms with van der Waals surface area (Å²) in [5.74, 6) is 0. The highest BCUT2D eigenvalue weighted by molar-refractivity contribution is 6.22. The molecular formula is C69H47N. The summed E-state index contributed by atoms with van der Waals surface area (Å²) in [5, 5.41) is 4.86. The molecule has 0 bridgehead atoms. The fraction of sp³-hybridized carbons (Fsp3) is 0.0145. The van der Waals surface area contributed by atoms with Crippen LogP contribution in [0.15, 0.2) is 285 Å². The quantitative estimate of drug-likeness (QED) is 0.131. The van der Waals surface area contributed by atoms with Crippen molar-refractivity contribution in [1.29, 1.82) is 0 Å². The van der Waals surface area contributed by atoms with Gasteiger partial charge < -0.3 is 4.90 Å². The molecule has 0 amide bonds. The predicted molar refractivity (Wildman–Crippen MR) is 295 cm³/mol. The van der Waals surface area contributed by atoms with Crippen LogP contribution in [0, 0.1) is 0 Å². The Hall–Kier alpha value is -9.04. The van der Waals surface area contributed by atoms with Gasteiger partial charge in [-0.2, -0.15) is 0 Å². The first-order chi connectivity index (χ1) is 34.7. The third-order valence-corrected chi connectivity index (χ3v) is 14.5. The highest BCUT2D eigenvalue weighted by atomic mass is 15.1. The van der Waals surface area contributed by atoms with Gasteiger partial charge in [-0.3, -0.25) is 0 Å². The summed E-state index contributed by atoms with van der Waals surface area (Å²) in [6.07, 6.45) is 0. The molecule has 1 heteroatoms. The van der Waals surface area contributed by atoms with Gasteiger partial charge in [0.05, 0.1) is 11.1 Å². The van der Waals surface area contributed by atoms with Crippen molar-refractivity contribution >= 4 is 38.6 Å². The second-order valence-corrected chi connectivity index (χ2v) is 18.3. The second-order valence-electron chi connectivity index (χ2n) is 18.3. The van der Waals surface area contributed by atoms with Crippen LogP contribution in [0.4, 0.5) is 17.1 Å². The Kier molecular flexibility index (Phi) is 10.1. The van der Waals surface area contributed by atoms with E-state index >= 15 is 0 Å². The van der Waals surface area contributed by atoms with E-state index in [0.717, 1.165) is 17.1 Å². The molecule has 1 nitrogen and oxygen atoms in total. The van der Waals surface area contributed by atoms with Gasteiger partial charge in [0.2, 0.25) is 0 Å². The lowest BCUT2D eigenvalue weighted by atomic mass is 9.67. The van der Waals surface area contributed by atoms with E-state index in [9.17, 15) is 0 Å². The van der Waals surface area contributed by atoms with Crippen LogP contribution in [0.1, 0.15) is 22.3 Å². The summed E-state index contributed by atoms with van der Waals surface area (Å²) < 4.78 is 0. The summed E-state index contributed by atoms with van der Waals surface area (Å²) in [4.78, 5) is 2.54. The van der Waals surface area contributed by atoms with Gasteiger partial charge in [0.15, 0.2) is 0 Å². The van der Waals surface area contributed by atoms with Gasteiger partial charge in [-0.1, -0.05) is 249 Å². The lowest BCUT2D eigenvalue weighted by Gasteiger charge is -2.35. The first-order valence-electron chi connectivity index (χ1n) is 24.2. The number of hydrogen-bond acceptors (Lipinski definition) is 1. The monoisotopic (exact) mass is 889 g/mol. The van der Waals surface area contributed by atoms with Crippen LogP contribution in [0.2, 0.25) is 0 Å². The lowest BCUT2D eigenvalue weighted by Crippen LogP contribution is -2.29. The molecule has 12 aromatic rings. The van der Waals surface area contributed by atoms with E-state index in [2.05, 4.69) is 290 Å². The number of nitrogens with zero attached hydrogens (tertiary/aromatic N) is 1. The third-order valence-electron chi connectivity index (χ3n) is 14.5. The van der Waals surface area contributed by atoms with E-state index in [1.54, 1.807) is 0 Å². The largest absolute Gasteiger partial charge is 0.309 e. The van der Waals surface area contributed by atoms with E-state index in [-0.39, 0.29) is 0 Å². The molecule has 0 saturated heterocycles.